The van der Waals surface area contributed by atoms with E-state index in [1.165, 1.54) is 60.8 Å². The minimum absolute atomic E-state index is 0.928. The van der Waals surface area contributed by atoms with Crippen LogP contribution in [-0.2, 0) is 0 Å². The first kappa shape index (κ1) is 17.0. The molecule has 0 heterocycles. The summed E-state index contributed by atoms with van der Waals surface area (Å²) in [6.45, 7) is 4.26. The average Bonchev–Trinajstić information content (AvgIpc) is 2.63. The Labute approximate surface area is 147 Å². The zero-order valence-electron chi connectivity index (χ0n) is 15.1. The molecule has 1 saturated carbocycles. The molecule has 1 radical (unpaired) electrons. The maximum absolute atomic E-state index is 2.32. The molecule has 0 amide bonds. The third-order valence-electron chi connectivity index (χ3n) is 5.36. The van der Waals surface area contributed by atoms with Gasteiger partial charge in [-0.15, -0.1) is 0 Å². The first-order valence-electron chi connectivity index (χ1n) is 9.39. The fourth-order valence-corrected chi connectivity index (χ4v) is 3.75. The lowest BCUT2D eigenvalue weighted by Crippen LogP contribution is -2.13. The van der Waals surface area contributed by atoms with E-state index in [1.54, 1.807) is 5.92 Å². The topological polar surface area (TPSA) is 0 Å². The first-order chi connectivity index (χ1) is 11.8. The second-order valence-electron chi connectivity index (χ2n) is 7.14. The van der Waals surface area contributed by atoms with E-state index in [1.807, 2.05) is 0 Å². The van der Waals surface area contributed by atoms with Crippen molar-refractivity contribution in [2.75, 3.05) is 0 Å². The maximum atomic E-state index is 2.32. The van der Waals surface area contributed by atoms with E-state index in [0.29, 0.717) is 0 Å². The molecule has 2 aromatic rings. The number of rotatable bonds is 5. The molecule has 0 N–H and O–H groups in total. The monoisotopic (exact) mass is 317 g/mol. The predicted molar refractivity (Wildman–Crippen MR) is 105 cm³/mol. The molecular formula is C24H29. The highest BCUT2D eigenvalue weighted by Crippen LogP contribution is 2.37. The molecule has 0 atom stereocenters. The molecule has 0 nitrogen and oxygen atoms in total. The molecule has 0 heteroatoms. The minimum Gasteiger partial charge on any atom is -0.0917 e. The van der Waals surface area contributed by atoms with Crippen molar-refractivity contribution < 1.29 is 0 Å². The molecule has 2 aromatic carbocycles. The molecular weight excluding hydrogens is 288 g/mol. The normalized spacial score (nSPS) is 16.8. The Bertz CT molecular complexity index is 637. The summed E-state index contributed by atoms with van der Waals surface area (Å²) in [7, 11) is 0. The molecule has 0 unspecified atom stereocenters. The van der Waals surface area contributed by atoms with Crippen LogP contribution >= 0.6 is 0 Å². The van der Waals surface area contributed by atoms with Crippen LogP contribution in [0.3, 0.4) is 0 Å². The predicted octanol–water partition coefficient (Wildman–Crippen LogP) is 7.13. The summed E-state index contributed by atoms with van der Waals surface area (Å²) in [5, 5.41) is 0. The first-order valence-corrected chi connectivity index (χ1v) is 9.39. The van der Waals surface area contributed by atoms with Crippen molar-refractivity contribution in [3.63, 3.8) is 0 Å². The Morgan fingerprint density at radius 2 is 1.38 bits per heavy atom. The van der Waals surface area contributed by atoms with E-state index < -0.39 is 0 Å². The highest BCUT2D eigenvalue weighted by atomic mass is 14.3. The van der Waals surface area contributed by atoms with Gasteiger partial charge in [-0.2, -0.15) is 0 Å². The van der Waals surface area contributed by atoms with Crippen LogP contribution in [0.4, 0.5) is 0 Å². The molecule has 1 aliphatic rings. The molecule has 0 bridgehead atoms. The zero-order chi connectivity index (χ0) is 16.8. The highest BCUT2D eigenvalue weighted by Gasteiger charge is 2.22. The van der Waals surface area contributed by atoms with Crippen molar-refractivity contribution in [3.05, 3.63) is 77.7 Å². The van der Waals surface area contributed by atoms with E-state index in [9.17, 15) is 0 Å². The van der Waals surface area contributed by atoms with Crippen LogP contribution in [-0.4, -0.2) is 0 Å². The van der Waals surface area contributed by atoms with Crippen LogP contribution in [0.25, 0.3) is 11.1 Å². The van der Waals surface area contributed by atoms with Gasteiger partial charge in [-0.25, -0.2) is 0 Å². The van der Waals surface area contributed by atoms with Crippen LogP contribution in [0.1, 0.15) is 56.6 Å². The molecule has 0 aliphatic heterocycles. The Hall–Kier alpha value is -1.82. The van der Waals surface area contributed by atoms with Gasteiger partial charge < -0.3 is 0 Å². The van der Waals surface area contributed by atoms with Gasteiger partial charge in [0.1, 0.15) is 0 Å². The quantitative estimate of drug-likeness (QED) is 0.514. The van der Waals surface area contributed by atoms with Crippen molar-refractivity contribution in [1.82, 2.24) is 0 Å². The summed E-state index contributed by atoms with van der Waals surface area (Å²) in [6.07, 6.45) is 12.4. The number of aryl methyl sites for hydroxylation is 1. The fourth-order valence-electron chi connectivity index (χ4n) is 3.75. The van der Waals surface area contributed by atoms with Crippen LogP contribution in [0, 0.1) is 18.8 Å². The number of benzene rings is 2. The Balaban J connectivity index is 1.57. The number of hydrogen-bond acceptors (Lipinski definition) is 0. The zero-order valence-corrected chi connectivity index (χ0v) is 15.1. The van der Waals surface area contributed by atoms with Gasteiger partial charge in [0.15, 0.2) is 0 Å². The largest absolute Gasteiger partial charge is 0.0917 e. The molecule has 125 valence electrons. The fraction of sp³-hybridized carbons (Fsp3) is 0.375. The van der Waals surface area contributed by atoms with Gasteiger partial charge in [-0.3, -0.25) is 0 Å². The third kappa shape index (κ3) is 4.38. The highest BCUT2D eigenvalue weighted by molar-refractivity contribution is 5.64. The standard InChI is InChI=1S/C24H29/c1-3-4-5-6-20-9-13-22(14-10-20)24-17-15-23(16-18-24)21-11-7-19(2)8-12-21/h3-4,7-8,11-12,15-18,20H,5-6,9-10,13-14H2,1-2H3/b4-3+. The van der Waals surface area contributed by atoms with Crippen LogP contribution < -0.4 is 0 Å². The van der Waals surface area contributed by atoms with Gasteiger partial charge in [0.2, 0.25) is 0 Å². The molecule has 24 heavy (non-hydrogen) atoms. The van der Waals surface area contributed by atoms with Crippen molar-refractivity contribution in [3.8, 4) is 11.1 Å². The lowest BCUT2D eigenvalue weighted by molar-refractivity contribution is 0.366. The van der Waals surface area contributed by atoms with Crippen molar-refractivity contribution >= 4 is 0 Å². The summed E-state index contributed by atoms with van der Waals surface area (Å²) in [5.74, 6) is 2.59. The number of hydrogen-bond donors (Lipinski definition) is 0. The second-order valence-corrected chi connectivity index (χ2v) is 7.14. The summed E-state index contributed by atoms with van der Waals surface area (Å²) in [5.41, 5.74) is 5.40. The molecule has 0 spiro atoms. The summed E-state index contributed by atoms with van der Waals surface area (Å²) < 4.78 is 0. The smallest absolute Gasteiger partial charge is 0.00500 e. The number of allylic oxidation sites excluding steroid dienone is 2. The van der Waals surface area contributed by atoms with E-state index in [0.717, 1.165) is 5.92 Å². The van der Waals surface area contributed by atoms with Crippen LogP contribution in [0.5, 0.6) is 0 Å². The van der Waals surface area contributed by atoms with Gasteiger partial charge in [0, 0.05) is 5.92 Å². The summed E-state index contributed by atoms with van der Waals surface area (Å²) >= 11 is 0. The Morgan fingerprint density at radius 3 is 1.96 bits per heavy atom. The third-order valence-corrected chi connectivity index (χ3v) is 5.36. The van der Waals surface area contributed by atoms with Crippen molar-refractivity contribution in [2.24, 2.45) is 5.92 Å². The molecule has 1 aliphatic carbocycles. The average molecular weight is 317 g/mol. The van der Waals surface area contributed by atoms with E-state index >= 15 is 0 Å². The van der Waals surface area contributed by atoms with Gasteiger partial charge in [0.05, 0.1) is 0 Å². The van der Waals surface area contributed by atoms with Crippen molar-refractivity contribution in [1.29, 1.82) is 0 Å². The molecule has 3 rings (SSSR count). The lowest BCUT2D eigenvalue weighted by atomic mass is 9.77. The summed E-state index contributed by atoms with van der Waals surface area (Å²) in [6, 6.07) is 18.0. The molecule has 1 fully saturated rings. The van der Waals surface area contributed by atoms with Gasteiger partial charge in [-0.1, -0.05) is 66.2 Å². The molecule has 0 aromatic heterocycles. The van der Waals surface area contributed by atoms with E-state index in [4.69, 9.17) is 0 Å². The molecule has 0 saturated heterocycles. The second kappa shape index (κ2) is 8.33. The van der Waals surface area contributed by atoms with Crippen LogP contribution in [0.15, 0.2) is 60.7 Å². The van der Waals surface area contributed by atoms with E-state index in [-0.39, 0.29) is 0 Å². The van der Waals surface area contributed by atoms with Gasteiger partial charge >= 0.3 is 0 Å². The SMILES string of the molecule is C/C=C/CCC1CC[C](c2ccc(-c3ccc(C)cc3)cc2)CC1. The minimum atomic E-state index is 0.928. The van der Waals surface area contributed by atoms with Crippen molar-refractivity contribution in [2.45, 2.75) is 52.4 Å². The summed E-state index contributed by atoms with van der Waals surface area (Å²) in [4.78, 5) is 0. The van der Waals surface area contributed by atoms with Gasteiger partial charge in [0.25, 0.3) is 0 Å². The van der Waals surface area contributed by atoms with Crippen LogP contribution in [0.2, 0.25) is 0 Å². The van der Waals surface area contributed by atoms with E-state index in [2.05, 4.69) is 74.5 Å². The van der Waals surface area contributed by atoms with Gasteiger partial charge in [-0.05, 0) is 75.0 Å². The lowest BCUT2D eigenvalue weighted by Gasteiger charge is -2.28. The Morgan fingerprint density at radius 1 is 0.833 bits per heavy atom. The maximum Gasteiger partial charge on any atom is 0.00500 e. The Kier molecular flexibility index (Phi) is 5.91.